The fourth-order valence-electron chi connectivity index (χ4n) is 2.64. The minimum absolute atomic E-state index is 0.173. The Labute approximate surface area is 186 Å². The highest BCUT2D eigenvalue weighted by Crippen LogP contribution is 2.30. The maximum atomic E-state index is 12.3. The van der Waals surface area contributed by atoms with Gasteiger partial charge in [-0.1, -0.05) is 12.1 Å². The normalized spacial score (nSPS) is 10.9. The Bertz CT molecular complexity index is 1080. The first-order valence-electron chi connectivity index (χ1n) is 9.54. The van der Waals surface area contributed by atoms with E-state index in [0.29, 0.717) is 23.7 Å². The van der Waals surface area contributed by atoms with Crippen LogP contribution in [0.3, 0.4) is 0 Å². The van der Waals surface area contributed by atoms with Crippen molar-refractivity contribution in [2.24, 2.45) is 0 Å². The Morgan fingerprint density at radius 3 is 2.19 bits per heavy atom. The zero-order valence-electron chi connectivity index (χ0n) is 18.2. The Morgan fingerprint density at radius 1 is 0.938 bits per heavy atom. The first kappa shape index (κ1) is 24.0. The fourth-order valence-corrected chi connectivity index (χ4v) is 2.64. The molecule has 0 aromatic heterocycles. The molecule has 0 aliphatic rings. The van der Waals surface area contributed by atoms with Crippen LogP contribution in [0.1, 0.15) is 18.1 Å². The molecule has 0 bridgehead atoms. The molecule has 0 N–H and O–H groups in total. The summed E-state index contributed by atoms with van der Waals surface area (Å²) >= 11 is 0. The average molecular weight is 437 g/mol. The van der Waals surface area contributed by atoms with Gasteiger partial charge in [-0.3, -0.25) is 0 Å². The number of nitrogens with zero attached hydrogens (tertiary/aromatic N) is 1. The van der Waals surface area contributed by atoms with Crippen molar-refractivity contribution in [3.8, 4) is 29.1 Å². The maximum absolute atomic E-state index is 12.3. The molecular weight excluding hydrogens is 414 g/mol. The molecule has 8 nitrogen and oxygen atoms in total. The van der Waals surface area contributed by atoms with Crippen molar-refractivity contribution in [2.75, 3.05) is 27.9 Å². The Hall–Kier alpha value is -4.25. The van der Waals surface area contributed by atoms with Gasteiger partial charge < -0.3 is 23.7 Å². The Kier molecular flexibility index (Phi) is 8.87. The quantitative estimate of drug-likeness (QED) is 0.253. The van der Waals surface area contributed by atoms with Gasteiger partial charge in [0, 0.05) is 6.08 Å². The molecule has 2 rings (SSSR count). The zero-order chi connectivity index (χ0) is 23.5. The van der Waals surface area contributed by atoms with Gasteiger partial charge in [-0.2, -0.15) is 5.26 Å². The summed E-state index contributed by atoms with van der Waals surface area (Å²) in [5.41, 5.74) is 1.05. The number of carbonyl (C=O) groups is 2. The highest BCUT2D eigenvalue weighted by Gasteiger charge is 2.12. The molecule has 0 atom stereocenters. The van der Waals surface area contributed by atoms with Crippen molar-refractivity contribution in [3.63, 3.8) is 0 Å². The van der Waals surface area contributed by atoms with E-state index in [1.54, 1.807) is 36.4 Å². The number of methoxy groups -OCH3 is 3. The van der Waals surface area contributed by atoms with Gasteiger partial charge in [-0.15, -0.1) is 0 Å². The van der Waals surface area contributed by atoms with E-state index < -0.39 is 11.9 Å². The molecule has 0 aliphatic heterocycles. The summed E-state index contributed by atoms with van der Waals surface area (Å²) in [6, 6.07) is 11.7. The molecule has 2 aromatic rings. The molecule has 0 amide bonds. The third-order valence-electron chi connectivity index (χ3n) is 4.13. The van der Waals surface area contributed by atoms with E-state index in [-0.39, 0.29) is 17.1 Å². The number of hydrogen-bond acceptors (Lipinski definition) is 8. The summed E-state index contributed by atoms with van der Waals surface area (Å²) in [5.74, 6) is 0.229. The minimum atomic E-state index is -0.752. The lowest BCUT2D eigenvalue weighted by Crippen LogP contribution is -2.05. The van der Waals surface area contributed by atoms with Gasteiger partial charge in [-0.05, 0) is 54.5 Å². The summed E-state index contributed by atoms with van der Waals surface area (Å²) in [5, 5.41) is 9.07. The molecule has 2 aromatic carbocycles. The highest BCUT2D eigenvalue weighted by atomic mass is 16.6. The highest BCUT2D eigenvalue weighted by molar-refractivity contribution is 5.98. The van der Waals surface area contributed by atoms with Crippen molar-refractivity contribution < 1.29 is 33.3 Å². The van der Waals surface area contributed by atoms with E-state index in [1.807, 2.05) is 6.92 Å². The summed E-state index contributed by atoms with van der Waals surface area (Å²) in [6.45, 7) is 2.39. The lowest BCUT2D eigenvalue weighted by atomic mass is 10.1. The largest absolute Gasteiger partial charge is 0.493 e. The number of hydrogen-bond donors (Lipinski definition) is 0. The zero-order valence-corrected chi connectivity index (χ0v) is 18.2. The van der Waals surface area contributed by atoms with Crippen LogP contribution in [0, 0.1) is 11.3 Å². The molecule has 0 radical (unpaired) electrons. The Morgan fingerprint density at radius 2 is 1.56 bits per heavy atom. The van der Waals surface area contributed by atoms with Crippen LogP contribution >= 0.6 is 0 Å². The van der Waals surface area contributed by atoms with E-state index in [0.717, 1.165) is 5.56 Å². The molecule has 0 aliphatic carbocycles. The lowest BCUT2D eigenvalue weighted by Gasteiger charge is -2.10. The van der Waals surface area contributed by atoms with Crippen molar-refractivity contribution >= 4 is 24.1 Å². The van der Waals surface area contributed by atoms with Gasteiger partial charge in [0.05, 0.1) is 27.9 Å². The minimum Gasteiger partial charge on any atom is -0.493 e. The van der Waals surface area contributed by atoms with Gasteiger partial charge in [0.2, 0.25) is 0 Å². The first-order valence-corrected chi connectivity index (χ1v) is 9.54. The topological polar surface area (TPSA) is 104 Å². The van der Waals surface area contributed by atoms with Crippen LogP contribution in [0.25, 0.3) is 12.2 Å². The van der Waals surface area contributed by atoms with E-state index in [4.69, 9.17) is 24.2 Å². The molecular formula is C24H23NO7. The molecule has 0 unspecified atom stereocenters. The number of ether oxygens (including phenoxy) is 5. The van der Waals surface area contributed by atoms with Crippen molar-refractivity contribution in [1.29, 1.82) is 5.26 Å². The van der Waals surface area contributed by atoms with E-state index >= 15 is 0 Å². The van der Waals surface area contributed by atoms with Crippen LogP contribution in [0.5, 0.6) is 23.0 Å². The summed E-state index contributed by atoms with van der Waals surface area (Å²) in [7, 11) is 4.14. The van der Waals surface area contributed by atoms with Crippen molar-refractivity contribution in [3.05, 3.63) is 59.2 Å². The van der Waals surface area contributed by atoms with E-state index in [1.165, 1.54) is 45.6 Å². The monoisotopic (exact) mass is 437 g/mol. The predicted molar refractivity (Wildman–Crippen MR) is 117 cm³/mol. The van der Waals surface area contributed by atoms with Crippen LogP contribution in [-0.2, 0) is 14.3 Å². The van der Waals surface area contributed by atoms with Gasteiger partial charge in [0.25, 0.3) is 0 Å². The second-order valence-electron chi connectivity index (χ2n) is 6.17. The smallest absolute Gasteiger partial charge is 0.348 e. The average Bonchev–Trinajstić information content (AvgIpc) is 2.82. The molecule has 0 fully saturated rings. The van der Waals surface area contributed by atoms with Crippen molar-refractivity contribution in [2.45, 2.75) is 6.92 Å². The third kappa shape index (κ3) is 6.37. The lowest BCUT2D eigenvalue weighted by molar-refractivity contribution is -0.135. The Balaban J connectivity index is 2.17. The molecule has 8 heteroatoms. The van der Waals surface area contributed by atoms with E-state index in [2.05, 4.69) is 4.74 Å². The standard InChI is InChI=1S/C24H23NO7/c1-5-31-19-9-6-16(13-21(19)28-2)8-11-23(26)32-20-10-7-17(14-22(20)29-3)12-18(15-25)24(27)30-4/h6-14H,5H2,1-4H3/b11-8+,18-12+. The SMILES string of the molecule is CCOc1ccc(/C=C/C(=O)Oc2ccc(/C=C(\C#N)C(=O)OC)cc2OC)cc1OC. The molecule has 0 saturated heterocycles. The number of carbonyl (C=O) groups excluding carboxylic acids is 2. The number of benzene rings is 2. The second kappa shape index (κ2) is 11.8. The molecule has 32 heavy (non-hydrogen) atoms. The molecule has 0 heterocycles. The maximum Gasteiger partial charge on any atom is 0.348 e. The number of rotatable bonds is 9. The van der Waals surface area contributed by atoms with E-state index in [9.17, 15) is 9.59 Å². The second-order valence-corrected chi connectivity index (χ2v) is 6.17. The number of esters is 2. The third-order valence-corrected chi connectivity index (χ3v) is 4.13. The van der Waals surface area contributed by atoms with Crippen molar-refractivity contribution in [1.82, 2.24) is 0 Å². The first-order chi connectivity index (χ1) is 15.4. The van der Waals surface area contributed by atoms with Gasteiger partial charge in [-0.25, -0.2) is 9.59 Å². The van der Waals surface area contributed by atoms with Gasteiger partial charge in [0.1, 0.15) is 11.6 Å². The number of nitriles is 1. The molecule has 0 spiro atoms. The van der Waals surface area contributed by atoms with Gasteiger partial charge in [0.15, 0.2) is 23.0 Å². The van der Waals surface area contributed by atoms with Crippen LogP contribution in [0.4, 0.5) is 0 Å². The van der Waals surface area contributed by atoms with Gasteiger partial charge >= 0.3 is 11.9 Å². The molecule has 0 saturated carbocycles. The summed E-state index contributed by atoms with van der Waals surface area (Å²) in [4.78, 5) is 23.8. The van der Waals surface area contributed by atoms with Crippen LogP contribution in [0.15, 0.2) is 48.0 Å². The predicted octanol–water partition coefficient (Wildman–Crippen LogP) is 3.80. The van der Waals surface area contributed by atoms with Crippen LogP contribution in [-0.4, -0.2) is 39.9 Å². The van der Waals surface area contributed by atoms with Crippen LogP contribution < -0.4 is 18.9 Å². The summed E-state index contributed by atoms with van der Waals surface area (Å²) in [6.07, 6.45) is 4.20. The molecule has 166 valence electrons. The summed E-state index contributed by atoms with van der Waals surface area (Å²) < 4.78 is 25.9. The fraction of sp³-hybridized carbons (Fsp3) is 0.208. The van der Waals surface area contributed by atoms with Crippen LogP contribution in [0.2, 0.25) is 0 Å².